The van der Waals surface area contributed by atoms with Crippen molar-refractivity contribution in [2.75, 3.05) is 33.9 Å². The summed E-state index contributed by atoms with van der Waals surface area (Å²) in [7, 11) is 3.05. The summed E-state index contributed by atoms with van der Waals surface area (Å²) in [6, 6.07) is 0.775. The maximum atomic E-state index is 10.2. The fraction of sp³-hybridized carbons (Fsp3) is 0.909. The number of rotatable bonds is 3. The molecular formula is C11H24N2O2. The Kier molecular flexibility index (Phi) is 8.33. The van der Waals surface area contributed by atoms with Gasteiger partial charge < -0.3 is 15.0 Å². The molecule has 0 aliphatic carbocycles. The lowest BCUT2D eigenvalue weighted by Gasteiger charge is -2.18. The van der Waals surface area contributed by atoms with Gasteiger partial charge in [-0.25, -0.2) is 0 Å². The zero-order chi connectivity index (χ0) is 11.7. The highest BCUT2D eigenvalue weighted by molar-refractivity contribution is 5.76. The van der Waals surface area contributed by atoms with Gasteiger partial charge in [0.25, 0.3) is 0 Å². The number of carbonyl (C=O) groups is 1. The average molecular weight is 216 g/mol. The summed E-state index contributed by atoms with van der Waals surface area (Å²) in [4.78, 5) is 12.7. The van der Waals surface area contributed by atoms with Crippen molar-refractivity contribution in [1.29, 1.82) is 0 Å². The minimum absolute atomic E-state index is 0.0949. The molecule has 1 saturated heterocycles. The van der Waals surface area contributed by atoms with E-state index in [4.69, 9.17) is 0 Å². The van der Waals surface area contributed by atoms with Crippen LogP contribution in [-0.4, -0.2) is 50.7 Å². The molecule has 15 heavy (non-hydrogen) atoms. The molecule has 0 saturated carbocycles. The molecule has 0 aromatic rings. The minimum Gasteiger partial charge on any atom is -0.375 e. The zero-order valence-corrected chi connectivity index (χ0v) is 10.4. The van der Waals surface area contributed by atoms with Crippen molar-refractivity contribution >= 4 is 5.91 Å². The van der Waals surface area contributed by atoms with Gasteiger partial charge in [0.2, 0.25) is 5.91 Å². The second-order valence-electron chi connectivity index (χ2n) is 3.94. The van der Waals surface area contributed by atoms with Crippen LogP contribution in [0.15, 0.2) is 0 Å². The van der Waals surface area contributed by atoms with Crippen LogP contribution in [0.1, 0.15) is 26.7 Å². The van der Waals surface area contributed by atoms with E-state index in [1.807, 2.05) is 0 Å². The molecular weight excluding hydrogens is 192 g/mol. The molecule has 0 radical (unpaired) electrons. The van der Waals surface area contributed by atoms with E-state index in [9.17, 15) is 4.79 Å². The van der Waals surface area contributed by atoms with Crippen LogP contribution in [0.5, 0.6) is 0 Å². The van der Waals surface area contributed by atoms with Crippen molar-refractivity contribution in [3.8, 4) is 0 Å². The lowest BCUT2D eigenvalue weighted by Crippen LogP contribution is -2.26. The SMILES string of the molecule is CC(C)N1CCCC1.CNC(=O)COC. The smallest absolute Gasteiger partial charge is 0.245 e. The Hall–Kier alpha value is -0.610. The van der Waals surface area contributed by atoms with Crippen molar-refractivity contribution in [3.05, 3.63) is 0 Å². The average Bonchev–Trinajstić information content (AvgIpc) is 2.72. The topological polar surface area (TPSA) is 41.6 Å². The Balaban J connectivity index is 0.000000265. The molecule has 1 aliphatic heterocycles. The monoisotopic (exact) mass is 216 g/mol. The number of likely N-dealkylation sites (tertiary alicyclic amines) is 1. The highest BCUT2D eigenvalue weighted by Crippen LogP contribution is 2.09. The van der Waals surface area contributed by atoms with Crippen LogP contribution in [0.25, 0.3) is 0 Å². The van der Waals surface area contributed by atoms with Crippen LogP contribution in [-0.2, 0) is 9.53 Å². The Morgan fingerprint density at radius 2 is 1.93 bits per heavy atom. The normalized spacial score (nSPS) is 16.1. The van der Waals surface area contributed by atoms with Crippen molar-refractivity contribution < 1.29 is 9.53 Å². The van der Waals surface area contributed by atoms with E-state index in [1.165, 1.54) is 33.0 Å². The molecule has 4 heteroatoms. The first-order valence-electron chi connectivity index (χ1n) is 5.55. The predicted octanol–water partition coefficient (Wildman–Crippen LogP) is 0.869. The minimum atomic E-state index is -0.0949. The third-order valence-corrected chi connectivity index (χ3v) is 2.43. The van der Waals surface area contributed by atoms with E-state index in [1.54, 1.807) is 7.05 Å². The van der Waals surface area contributed by atoms with Gasteiger partial charge in [0, 0.05) is 20.2 Å². The molecule has 0 spiro atoms. The molecule has 0 aromatic carbocycles. The molecule has 0 unspecified atom stereocenters. The van der Waals surface area contributed by atoms with Gasteiger partial charge in [-0.3, -0.25) is 4.79 Å². The molecule has 0 atom stereocenters. The summed E-state index contributed by atoms with van der Waals surface area (Å²) in [6.45, 7) is 7.35. The second-order valence-corrected chi connectivity index (χ2v) is 3.94. The number of amides is 1. The first-order valence-corrected chi connectivity index (χ1v) is 5.55. The van der Waals surface area contributed by atoms with Crippen molar-refractivity contribution in [3.63, 3.8) is 0 Å². The highest BCUT2D eigenvalue weighted by atomic mass is 16.5. The Morgan fingerprint density at radius 3 is 2.13 bits per heavy atom. The summed E-state index contributed by atoms with van der Waals surface area (Å²) in [5, 5.41) is 2.40. The van der Waals surface area contributed by atoms with Crippen LogP contribution in [0.4, 0.5) is 0 Å². The third kappa shape index (κ3) is 7.33. The van der Waals surface area contributed by atoms with Gasteiger partial charge in [-0.05, 0) is 39.8 Å². The molecule has 1 amide bonds. The molecule has 4 nitrogen and oxygen atoms in total. The molecule has 1 rings (SSSR count). The Labute approximate surface area is 93.0 Å². The molecule has 1 N–H and O–H groups in total. The zero-order valence-electron chi connectivity index (χ0n) is 10.4. The molecule has 0 bridgehead atoms. The Morgan fingerprint density at radius 1 is 1.40 bits per heavy atom. The number of nitrogens with one attached hydrogen (secondary N) is 1. The maximum Gasteiger partial charge on any atom is 0.245 e. The third-order valence-electron chi connectivity index (χ3n) is 2.43. The number of hydrogen-bond donors (Lipinski definition) is 1. The molecule has 1 heterocycles. The largest absolute Gasteiger partial charge is 0.375 e. The van der Waals surface area contributed by atoms with Gasteiger partial charge >= 0.3 is 0 Å². The molecule has 1 aliphatic rings. The van der Waals surface area contributed by atoms with Crippen LogP contribution >= 0.6 is 0 Å². The van der Waals surface area contributed by atoms with Gasteiger partial charge in [-0.15, -0.1) is 0 Å². The van der Waals surface area contributed by atoms with E-state index in [0.717, 1.165) is 6.04 Å². The Bertz CT molecular complexity index is 166. The first kappa shape index (κ1) is 14.4. The summed E-state index contributed by atoms with van der Waals surface area (Å²) in [5.41, 5.74) is 0. The van der Waals surface area contributed by atoms with Gasteiger partial charge in [-0.2, -0.15) is 0 Å². The standard InChI is InChI=1S/C7H15N.C4H9NO2/c1-7(2)8-5-3-4-6-8;1-5-4(6)3-7-2/h7H,3-6H2,1-2H3;3H2,1-2H3,(H,5,6). The highest BCUT2D eigenvalue weighted by Gasteiger charge is 2.13. The first-order chi connectivity index (χ1) is 7.11. The van der Waals surface area contributed by atoms with E-state index >= 15 is 0 Å². The van der Waals surface area contributed by atoms with Crippen LogP contribution in [0, 0.1) is 0 Å². The number of likely N-dealkylation sites (N-methyl/N-ethyl adjacent to an activating group) is 1. The predicted molar refractivity (Wildman–Crippen MR) is 61.9 cm³/mol. The van der Waals surface area contributed by atoms with Crippen LogP contribution in [0.3, 0.4) is 0 Å². The lowest BCUT2D eigenvalue weighted by molar-refractivity contribution is -0.124. The summed E-state index contributed by atoms with van der Waals surface area (Å²) >= 11 is 0. The quantitative estimate of drug-likeness (QED) is 0.761. The number of methoxy groups -OCH3 is 1. The summed E-state index contributed by atoms with van der Waals surface area (Å²) in [6.07, 6.45) is 2.83. The molecule has 90 valence electrons. The number of carbonyl (C=O) groups excluding carboxylic acids is 1. The van der Waals surface area contributed by atoms with Gasteiger partial charge in [-0.1, -0.05) is 0 Å². The van der Waals surface area contributed by atoms with Crippen LogP contribution in [0.2, 0.25) is 0 Å². The number of nitrogens with zero attached hydrogens (tertiary/aromatic N) is 1. The molecule has 1 fully saturated rings. The number of ether oxygens (including phenoxy) is 1. The van der Waals surface area contributed by atoms with Gasteiger partial charge in [0.05, 0.1) is 0 Å². The van der Waals surface area contributed by atoms with E-state index in [2.05, 4.69) is 28.8 Å². The maximum absolute atomic E-state index is 10.2. The summed E-state index contributed by atoms with van der Waals surface area (Å²) in [5.74, 6) is -0.0949. The van der Waals surface area contributed by atoms with Crippen molar-refractivity contribution in [2.24, 2.45) is 0 Å². The van der Waals surface area contributed by atoms with Gasteiger partial charge in [0.1, 0.15) is 6.61 Å². The van der Waals surface area contributed by atoms with Crippen LogP contribution < -0.4 is 5.32 Å². The van der Waals surface area contributed by atoms with Crippen molar-refractivity contribution in [1.82, 2.24) is 10.2 Å². The summed E-state index contributed by atoms with van der Waals surface area (Å²) < 4.78 is 4.48. The van der Waals surface area contributed by atoms with Crippen molar-refractivity contribution in [2.45, 2.75) is 32.7 Å². The fourth-order valence-corrected chi connectivity index (χ4v) is 1.46. The molecule has 0 aromatic heterocycles. The second kappa shape index (κ2) is 8.68. The fourth-order valence-electron chi connectivity index (χ4n) is 1.46. The number of hydrogen-bond acceptors (Lipinski definition) is 3. The van der Waals surface area contributed by atoms with E-state index in [0.29, 0.717) is 0 Å². The lowest BCUT2D eigenvalue weighted by atomic mass is 10.3. The van der Waals surface area contributed by atoms with E-state index in [-0.39, 0.29) is 12.5 Å². The van der Waals surface area contributed by atoms with E-state index < -0.39 is 0 Å². The van der Waals surface area contributed by atoms with Gasteiger partial charge in [0.15, 0.2) is 0 Å².